The number of allylic oxidation sites excluding steroid dienone is 20. The van der Waals surface area contributed by atoms with Gasteiger partial charge in [0, 0.05) is 19.3 Å². The lowest BCUT2D eigenvalue weighted by molar-refractivity contribution is -0.167. The minimum atomic E-state index is -0.809. The average Bonchev–Trinajstić information content (AvgIpc) is 3.28. The van der Waals surface area contributed by atoms with Crippen molar-refractivity contribution < 1.29 is 28.6 Å². The molecule has 0 N–H and O–H groups in total. The molecular weight excluding hydrogens is 781 g/mol. The second-order valence-electron chi connectivity index (χ2n) is 16.2. The first kappa shape index (κ1) is 58.8. The van der Waals surface area contributed by atoms with E-state index in [0.717, 1.165) is 96.3 Å². The predicted octanol–water partition coefficient (Wildman–Crippen LogP) is 16.5. The largest absolute Gasteiger partial charge is 0.462 e. The van der Waals surface area contributed by atoms with Crippen molar-refractivity contribution in [3.8, 4) is 0 Å². The van der Waals surface area contributed by atoms with E-state index in [9.17, 15) is 14.4 Å². The van der Waals surface area contributed by atoms with Crippen LogP contribution in [0, 0.1) is 0 Å². The van der Waals surface area contributed by atoms with Crippen LogP contribution in [-0.2, 0) is 28.6 Å². The van der Waals surface area contributed by atoms with Gasteiger partial charge in [-0.05, 0) is 57.8 Å². The Hall–Kier alpha value is -4.19. The third kappa shape index (κ3) is 48.7. The summed E-state index contributed by atoms with van der Waals surface area (Å²) in [6.45, 7) is 6.28. The summed E-state index contributed by atoms with van der Waals surface area (Å²) in [4.78, 5) is 37.9. The minimum absolute atomic E-state index is 0.103. The molecule has 0 amide bonds. The lowest BCUT2D eigenvalue weighted by atomic mass is 10.0. The molecule has 0 saturated carbocycles. The highest BCUT2D eigenvalue weighted by Gasteiger charge is 2.19. The van der Waals surface area contributed by atoms with E-state index < -0.39 is 6.10 Å². The maximum Gasteiger partial charge on any atom is 0.306 e. The normalized spacial score (nSPS) is 13.1. The molecule has 1 atom stereocenters. The number of esters is 3. The van der Waals surface area contributed by atoms with Crippen LogP contribution in [0.3, 0.4) is 0 Å². The standard InChI is InChI=1S/C57H90O6/c1-4-7-10-13-16-19-22-25-26-27-28-29-30-33-35-38-41-44-47-50-56(59)62-53-54(63-57(60)51-48-45-42-39-36-32-24-21-18-15-12-9-6-3)52-61-55(58)49-46-43-40-37-34-31-23-20-17-14-11-8-5-2/h7,9-10,12-13,15-16,18-19,21-22,24-30,33,35,54H,4-6,8,11,14,17,20,23,31-32,34,36-53H2,1-3H3/b10-7+,12-9+,16-13+,18-15+,22-19+,24-21+,26-25+,28-27+,30-29+,35-33+. The van der Waals surface area contributed by atoms with Gasteiger partial charge in [0.15, 0.2) is 6.10 Å². The van der Waals surface area contributed by atoms with Crippen LogP contribution >= 0.6 is 0 Å². The van der Waals surface area contributed by atoms with Crippen molar-refractivity contribution in [2.24, 2.45) is 0 Å². The van der Waals surface area contributed by atoms with Crippen LogP contribution in [0.1, 0.15) is 201 Å². The van der Waals surface area contributed by atoms with E-state index in [-0.39, 0.29) is 31.1 Å². The summed E-state index contributed by atoms with van der Waals surface area (Å²) in [5, 5.41) is 0. The second kappa shape index (κ2) is 50.5. The monoisotopic (exact) mass is 871 g/mol. The molecule has 63 heavy (non-hydrogen) atoms. The molecule has 0 heterocycles. The maximum atomic E-state index is 12.8. The Balaban J connectivity index is 4.53. The van der Waals surface area contributed by atoms with Gasteiger partial charge in [-0.3, -0.25) is 14.4 Å². The quantitative estimate of drug-likeness (QED) is 0.0263. The van der Waals surface area contributed by atoms with Crippen molar-refractivity contribution in [3.63, 3.8) is 0 Å². The number of rotatable bonds is 43. The van der Waals surface area contributed by atoms with Crippen molar-refractivity contribution in [2.45, 2.75) is 207 Å². The molecule has 0 aliphatic rings. The van der Waals surface area contributed by atoms with Gasteiger partial charge in [-0.15, -0.1) is 0 Å². The number of unbranched alkanes of at least 4 members (excludes halogenated alkanes) is 20. The number of ether oxygens (including phenoxy) is 3. The molecule has 0 aromatic heterocycles. The van der Waals surface area contributed by atoms with Gasteiger partial charge in [0.05, 0.1) is 0 Å². The lowest BCUT2D eigenvalue weighted by Gasteiger charge is -2.18. The Bertz CT molecular complexity index is 1370. The van der Waals surface area contributed by atoms with Gasteiger partial charge < -0.3 is 14.2 Å². The summed E-state index contributed by atoms with van der Waals surface area (Å²) < 4.78 is 16.7. The summed E-state index contributed by atoms with van der Waals surface area (Å²) in [7, 11) is 0. The van der Waals surface area contributed by atoms with E-state index in [4.69, 9.17) is 14.2 Å². The average molecular weight is 871 g/mol. The van der Waals surface area contributed by atoms with Gasteiger partial charge in [-0.2, -0.15) is 0 Å². The van der Waals surface area contributed by atoms with Gasteiger partial charge >= 0.3 is 17.9 Å². The summed E-state index contributed by atoms with van der Waals surface area (Å²) >= 11 is 0. The number of carbonyl (C=O) groups excluding carboxylic acids is 3. The highest BCUT2D eigenvalue weighted by Crippen LogP contribution is 2.14. The van der Waals surface area contributed by atoms with E-state index in [1.54, 1.807) is 0 Å². The Morgan fingerprint density at radius 1 is 0.333 bits per heavy atom. The molecule has 0 aliphatic carbocycles. The Morgan fingerprint density at radius 2 is 0.619 bits per heavy atom. The molecule has 0 radical (unpaired) electrons. The molecule has 0 rings (SSSR count). The Morgan fingerprint density at radius 3 is 0.984 bits per heavy atom. The molecule has 0 bridgehead atoms. The molecular formula is C57H90O6. The highest BCUT2D eigenvalue weighted by molar-refractivity contribution is 5.71. The molecule has 354 valence electrons. The zero-order chi connectivity index (χ0) is 45.8. The van der Waals surface area contributed by atoms with E-state index in [1.807, 2.05) is 79.0 Å². The third-order valence-corrected chi connectivity index (χ3v) is 10.2. The van der Waals surface area contributed by atoms with E-state index >= 15 is 0 Å². The number of carbonyl (C=O) groups is 3. The first-order valence-corrected chi connectivity index (χ1v) is 25.2. The highest BCUT2D eigenvalue weighted by atomic mass is 16.6. The first-order valence-electron chi connectivity index (χ1n) is 25.2. The van der Waals surface area contributed by atoms with Gasteiger partial charge in [0.2, 0.25) is 0 Å². The zero-order valence-electron chi connectivity index (χ0n) is 40.3. The van der Waals surface area contributed by atoms with Gasteiger partial charge in [-0.1, -0.05) is 245 Å². The van der Waals surface area contributed by atoms with Crippen LogP contribution in [0.5, 0.6) is 0 Å². The topological polar surface area (TPSA) is 78.9 Å². The Labute approximate surface area is 386 Å². The Kier molecular flexibility index (Phi) is 47.1. The summed E-state index contributed by atoms with van der Waals surface area (Å²) in [6.07, 6.45) is 68.9. The van der Waals surface area contributed by atoms with Crippen molar-refractivity contribution in [1.82, 2.24) is 0 Å². The summed E-state index contributed by atoms with van der Waals surface area (Å²) in [6, 6.07) is 0. The minimum Gasteiger partial charge on any atom is -0.462 e. The van der Waals surface area contributed by atoms with Crippen molar-refractivity contribution >= 4 is 17.9 Å². The fraction of sp³-hybridized carbons (Fsp3) is 0.596. The molecule has 1 unspecified atom stereocenters. The fourth-order valence-corrected chi connectivity index (χ4v) is 6.48. The van der Waals surface area contributed by atoms with Crippen LogP contribution in [-0.4, -0.2) is 37.2 Å². The van der Waals surface area contributed by atoms with E-state index in [2.05, 4.69) is 63.3 Å². The third-order valence-electron chi connectivity index (χ3n) is 10.2. The van der Waals surface area contributed by atoms with E-state index in [0.29, 0.717) is 19.3 Å². The van der Waals surface area contributed by atoms with Gasteiger partial charge in [-0.25, -0.2) is 0 Å². The van der Waals surface area contributed by atoms with Crippen molar-refractivity contribution in [2.75, 3.05) is 13.2 Å². The van der Waals surface area contributed by atoms with Crippen LogP contribution in [0.15, 0.2) is 122 Å². The summed E-state index contributed by atoms with van der Waals surface area (Å²) in [5.74, 6) is -0.978. The molecule has 0 aromatic carbocycles. The van der Waals surface area contributed by atoms with E-state index in [1.165, 1.54) is 64.2 Å². The molecule has 0 aliphatic heterocycles. The maximum absolute atomic E-state index is 12.8. The number of hydrogen-bond donors (Lipinski definition) is 0. The second-order valence-corrected chi connectivity index (χ2v) is 16.2. The van der Waals surface area contributed by atoms with Crippen LogP contribution in [0.4, 0.5) is 0 Å². The number of hydrogen-bond acceptors (Lipinski definition) is 6. The van der Waals surface area contributed by atoms with Crippen LogP contribution < -0.4 is 0 Å². The molecule has 0 saturated heterocycles. The van der Waals surface area contributed by atoms with Gasteiger partial charge in [0.25, 0.3) is 0 Å². The van der Waals surface area contributed by atoms with Crippen LogP contribution in [0.25, 0.3) is 0 Å². The van der Waals surface area contributed by atoms with Crippen molar-refractivity contribution in [3.05, 3.63) is 122 Å². The van der Waals surface area contributed by atoms with Crippen LogP contribution in [0.2, 0.25) is 0 Å². The molecule has 6 nitrogen and oxygen atoms in total. The first-order chi connectivity index (χ1) is 31.0. The molecule has 0 fully saturated rings. The SMILES string of the molecule is CC/C=C/C=C/C=C/C=C/C=C/C=C/C=C/CCCCCC(=O)OCC(COC(=O)CCCCCCCCCCCCCCC)OC(=O)CCCCCCC/C=C/C=C/C=C/CC. The van der Waals surface area contributed by atoms with Crippen molar-refractivity contribution in [1.29, 1.82) is 0 Å². The fourth-order valence-electron chi connectivity index (χ4n) is 6.48. The summed E-state index contributed by atoms with van der Waals surface area (Å²) in [5.41, 5.74) is 0. The zero-order valence-corrected chi connectivity index (χ0v) is 40.3. The molecule has 6 heteroatoms. The predicted molar refractivity (Wildman–Crippen MR) is 269 cm³/mol. The molecule has 0 aromatic rings. The smallest absolute Gasteiger partial charge is 0.306 e. The van der Waals surface area contributed by atoms with Gasteiger partial charge in [0.1, 0.15) is 13.2 Å². The molecule has 0 spiro atoms. The lowest BCUT2D eigenvalue weighted by Crippen LogP contribution is -2.30.